The molecule has 0 aliphatic carbocycles. The summed E-state index contributed by atoms with van der Waals surface area (Å²) in [6.45, 7) is 1.66. The van der Waals surface area contributed by atoms with E-state index in [0.717, 1.165) is 17.6 Å². The smallest absolute Gasteiger partial charge is 0.396 e. The molecule has 0 bridgehead atoms. The molecule has 1 aliphatic rings. The van der Waals surface area contributed by atoms with Crippen molar-refractivity contribution in [1.29, 1.82) is 0 Å². The molecule has 2 rings (SSSR count). The number of ether oxygens (including phenoxy) is 1. The van der Waals surface area contributed by atoms with Crippen LogP contribution in [-0.2, 0) is 31.6 Å². The highest BCUT2D eigenvalue weighted by molar-refractivity contribution is 7.66. The fourth-order valence-corrected chi connectivity index (χ4v) is 6.89. The highest BCUT2D eigenvalue weighted by Gasteiger charge is 2.58. The fourth-order valence-electron chi connectivity index (χ4n) is 3.35. The summed E-state index contributed by atoms with van der Waals surface area (Å²) < 4.78 is 53.0. The van der Waals surface area contributed by atoms with Crippen molar-refractivity contribution in [2.75, 3.05) is 6.61 Å². The number of phosphoric ester groups is 1. The molecule has 34 heavy (non-hydrogen) atoms. The quantitative estimate of drug-likeness (QED) is 0.127. The number of halogens is 1. The molecular weight excluding hydrogens is 549 g/mol. The zero-order valence-electron chi connectivity index (χ0n) is 17.2. The van der Waals surface area contributed by atoms with E-state index in [4.69, 9.17) is 37.1 Å². The number of phosphoric acid groups is 3. The molecule has 0 saturated carbocycles. The molecule has 0 spiro atoms. The third-order valence-electron chi connectivity index (χ3n) is 4.58. The van der Waals surface area contributed by atoms with Gasteiger partial charge in [-0.05, 0) is 13.8 Å². The van der Waals surface area contributed by atoms with Crippen LogP contribution in [0, 0.1) is 25.2 Å². The first-order chi connectivity index (χ1) is 15.4. The number of aromatic amines is 1. The predicted octanol–water partition coefficient (Wildman–Crippen LogP) is -0.306. The van der Waals surface area contributed by atoms with Crippen molar-refractivity contribution in [2.24, 2.45) is 5.92 Å². The first-order valence-corrected chi connectivity index (χ1v) is 13.8. The molecule has 1 saturated heterocycles. The molecule has 2 heterocycles. The summed E-state index contributed by atoms with van der Waals surface area (Å²) in [5.41, 5.74) is -1.63. The van der Waals surface area contributed by atoms with Gasteiger partial charge in [0.05, 0.1) is 18.8 Å². The van der Waals surface area contributed by atoms with Crippen molar-refractivity contribution < 1.29 is 56.3 Å². The van der Waals surface area contributed by atoms with Crippen LogP contribution >= 0.6 is 35.1 Å². The van der Waals surface area contributed by atoms with Crippen LogP contribution < -0.4 is 11.2 Å². The average Bonchev–Trinajstić information content (AvgIpc) is 2.90. The molecule has 16 nitrogen and oxygen atoms in total. The molecule has 1 aliphatic heterocycles. The van der Waals surface area contributed by atoms with E-state index in [1.54, 1.807) is 0 Å². The van der Waals surface area contributed by atoms with E-state index in [1.807, 2.05) is 4.98 Å². The van der Waals surface area contributed by atoms with Gasteiger partial charge in [-0.1, -0.05) is 17.5 Å². The maximum absolute atomic E-state index is 12.4. The van der Waals surface area contributed by atoms with Crippen molar-refractivity contribution in [3.05, 3.63) is 32.6 Å². The number of aliphatic hydroxyl groups is 1. The number of nitrogens with zero attached hydrogens (tertiary/aromatic N) is 1. The second-order valence-electron chi connectivity index (χ2n) is 7.01. The van der Waals surface area contributed by atoms with Crippen molar-refractivity contribution in [2.45, 2.75) is 37.2 Å². The van der Waals surface area contributed by atoms with E-state index in [-0.39, 0.29) is 5.69 Å². The summed E-state index contributed by atoms with van der Waals surface area (Å²) in [7, 11) is -17.0. The Morgan fingerprint density at radius 3 is 2.32 bits per heavy atom. The van der Waals surface area contributed by atoms with Crippen LogP contribution in [0.2, 0.25) is 0 Å². The Labute approximate surface area is 195 Å². The van der Waals surface area contributed by atoms with Crippen molar-refractivity contribution in [3.8, 4) is 12.3 Å². The Morgan fingerprint density at radius 1 is 1.26 bits per heavy atom. The maximum Gasteiger partial charge on any atom is 0.490 e. The van der Waals surface area contributed by atoms with Crippen LogP contribution in [0.25, 0.3) is 0 Å². The molecule has 0 radical (unpaired) electrons. The normalized spacial score (nSPS) is 29.7. The second-order valence-corrected chi connectivity index (χ2v) is 12.0. The third kappa shape index (κ3) is 6.54. The maximum atomic E-state index is 12.4. The van der Waals surface area contributed by atoms with Crippen molar-refractivity contribution in [3.63, 3.8) is 0 Å². The summed E-state index contributed by atoms with van der Waals surface area (Å²) in [5, 5.41) is 9.90. The van der Waals surface area contributed by atoms with Crippen LogP contribution in [0.3, 0.4) is 0 Å². The minimum atomic E-state index is -5.78. The third-order valence-corrected chi connectivity index (χ3v) is 9.08. The standard InChI is InChI=1S/C14H20ClN2O14P3/c1-4-14(15)9(6-18)11(28-12(14)17-7(2)5-10(19)16-13(17)20)8(3)29-33(24,25)31-34(26,27)30-32(21,22)23/h1,5,8-9,11-12,18H,6H2,2-3H3,(H,24,25)(H,26,27)(H,16,19,20)(H2,21,22,23)/t8-,9?,11+,12+,14?/m0/s1. The van der Waals surface area contributed by atoms with Crippen LogP contribution in [0.4, 0.5) is 0 Å². The molecule has 1 fully saturated rings. The number of aryl methyl sites for hydroxylation is 1. The molecule has 6 N–H and O–H groups in total. The van der Waals surface area contributed by atoms with Gasteiger partial charge in [-0.2, -0.15) is 8.62 Å². The van der Waals surface area contributed by atoms with E-state index in [1.165, 1.54) is 6.92 Å². The van der Waals surface area contributed by atoms with Crippen molar-refractivity contribution in [1.82, 2.24) is 9.55 Å². The van der Waals surface area contributed by atoms with Crippen LogP contribution in [0.1, 0.15) is 18.8 Å². The topological polar surface area (TPSA) is 244 Å². The fraction of sp³-hybridized carbons (Fsp3) is 0.571. The van der Waals surface area contributed by atoms with Gasteiger partial charge in [0.25, 0.3) is 5.56 Å². The van der Waals surface area contributed by atoms with Gasteiger partial charge in [-0.3, -0.25) is 18.9 Å². The van der Waals surface area contributed by atoms with E-state index in [9.17, 15) is 38.2 Å². The molecule has 1 aromatic heterocycles. The molecule has 20 heteroatoms. The predicted molar refractivity (Wildman–Crippen MR) is 112 cm³/mol. The Bertz CT molecular complexity index is 1240. The van der Waals surface area contributed by atoms with Gasteiger partial charge >= 0.3 is 29.2 Å². The highest BCUT2D eigenvalue weighted by Crippen LogP contribution is 2.67. The molecule has 1 aromatic rings. The van der Waals surface area contributed by atoms with Crippen molar-refractivity contribution >= 4 is 35.1 Å². The number of aliphatic hydroxyl groups excluding tert-OH is 1. The molecule has 0 aromatic carbocycles. The molecule has 4 unspecified atom stereocenters. The lowest BCUT2D eigenvalue weighted by Gasteiger charge is -2.29. The zero-order chi connectivity index (χ0) is 26.3. The lowest BCUT2D eigenvalue weighted by Crippen LogP contribution is -2.44. The number of alkyl halides is 1. The van der Waals surface area contributed by atoms with E-state index < -0.39 is 70.6 Å². The van der Waals surface area contributed by atoms with E-state index in [0.29, 0.717) is 0 Å². The van der Waals surface area contributed by atoms with E-state index in [2.05, 4.69) is 14.5 Å². The monoisotopic (exact) mass is 568 g/mol. The van der Waals surface area contributed by atoms with E-state index >= 15 is 0 Å². The number of H-pyrrole nitrogens is 1. The van der Waals surface area contributed by atoms with Crippen LogP contribution in [0.5, 0.6) is 0 Å². The Balaban J connectivity index is 2.38. The molecular formula is C14H20ClN2O14P3. The number of nitrogens with one attached hydrogen (secondary N) is 1. The molecule has 192 valence electrons. The number of hydrogen-bond acceptors (Lipinski definition) is 10. The SMILES string of the molecule is C#CC1(Cl)C(CO)[C@@H]([C@H](C)OP(=O)(O)OP(=O)(O)OP(=O)(O)O)O[C@H]1n1c(C)cc(=O)[nH]c1=O. The number of terminal acetylenes is 1. The molecule has 0 amide bonds. The van der Waals surface area contributed by atoms with Crippen LogP contribution in [-0.4, -0.2) is 57.9 Å². The summed E-state index contributed by atoms with van der Waals surface area (Å²) in [5.74, 6) is 0.916. The summed E-state index contributed by atoms with van der Waals surface area (Å²) in [6, 6.07) is 1.04. The summed E-state index contributed by atoms with van der Waals surface area (Å²) >= 11 is 6.51. The summed E-state index contributed by atoms with van der Waals surface area (Å²) in [4.78, 5) is 60.2. The van der Waals surface area contributed by atoms with Gasteiger partial charge < -0.3 is 29.4 Å². The number of rotatable bonds is 9. The first-order valence-electron chi connectivity index (χ1n) is 8.93. The minimum absolute atomic E-state index is 0.0666. The summed E-state index contributed by atoms with van der Waals surface area (Å²) in [6.07, 6.45) is 0.952. The van der Waals surface area contributed by atoms with Gasteiger partial charge in [0.1, 0.15) is 0 Å². The molecule has 7 atom stereocenters. The van der Waals surface area contributed by atoms with Crippen LogP contribution in [0.15, 0.2) is 15.7 Å². The van der Waals surface area contributed by atoms with Gasteiger partial charge in [-0.25, -0.2) is 18.5 Å². The number of hydrogen-bond donors (Lipinski definition) is 6. The zero-order valence-corrected chi connectivity index (χ0v) is 20.7. The Hall–Kier alpha value is -1.14. The average molecular weight is 569 g/mol. The second kappa shape index (κ2) is 10.1. The highest BCUT2D eigenvalue weighted by atomic mass is 35.5. The minimum Gasteiger partial charge on any atom is -0.396 e. The Morgan fingerprint density at radius 2 is 1.85 bits per heavy atom. The first kappa shape index (κ1) is 29.1. The van der Waals surface area contributed by atoms with Gasteiger partial charge in [0, 0.05) is 17.7 Å². The van der Waals surface area contributed by atoms with Gasteiger partial charge in [-0.15, -0.1) is 6.42 Å². The lowest BCUT2D eigenvalue weighted by molar-refractivity contribution is -0.0672. The van der Waals surface area contributed by atoms with Gasteiger partial charge in [0.2, 0.25) is 0 Å². The largest absolute Gasteiger partial charge is 0.490 e. The Kier molecular flexibility index (Phi) is 8.63. The van der Waals surface area contributed by atoms with Gasteiger partial charge in [0.15, 0.2) is 11.1 Å². The lowest BCUT2D eigenvalue weighted by atomic mass is 9.87. The number of aromatic nitrogens is 2.